The number of nitrogens with zero attached hydrogens (tertiary/aromatic N) is 1. The number of carbonyl (C=O) groups is 1. The molecule has 0 bridgehead atoms. The van der Waals surface area contributed by atoms with Crippen LogP contribution in [0.5, 0.6) is 5.75 Å². The van der Waals surface area contributed by atoms with E-state index in [2.05, 4.69) is 6.58 Å². The van der Waals surface area contributed by atoms with Crippen LogP contribution in [0.4, 0.5) is 10.5 Å². The number of nitro groups is 1. The van der Waals surface area contributed by atoms with Crippen molar-refractivity contribution in [1.82, 2.24) is 0 Å². The van der Waals surface area contributed by atoms with Crippen molar-refractivity contribution in [2.75, 3.05) is 6.61 Å². The fourth-order valence-corrected chi connectivity index (χ4v) is 1.02. The van der Waals surface area contributed by atoms with E-state index in [0.717, 1.165) is 5.57 Å². The van der Waals surface area contributed by atoms with Gasteiger partial charge in [-0.1, -0.05) is 13.5 Å². The van der Waals surface area contributed by atoms with Gasteiger partial charge in [-0.05, 0) is 24.1 Å². The monoisotopic (exact) mass is 251 g/mol. The number of hydrogen-bond donors (Lipinski definition) is 0. The van der Waals surface area contributed by atoms with Gasteiger partial charge in [0.25, 0.3) is 5.69 Å². The van der Waals surface area contributed by atoms with Gasteiger partial charge in [0.05, 0.1) is 4.92 Å². The van der Waals surface area contributed by atoms with Crippen LogP contribution < -0.4 is 4.74 Å². The minimum atomic E-state index is -0.863. The summed E-state index contributed by atoms with van der Waals surface area (Å²) in [5.74, 6) is 0.188. The second kappa shape index (κ2) is 6.39. The molecule has 0 radical (unpaired) electrons. The minimum absolute atomic E-state index is 0.0740. The Morgan fingerprint density at radius 3 is 2.50 bits per heavy atom. The fraction of sp³-hybridized carbons (Fsp3) is 0.250. The highest BCUT2D eigenvalue weighted by atomic mass is 16.7. The van der Waals surface area contributed by atoms with Crippen molar-refractivity contribution in [2.45, 2.75) is 13.3 Å². The van der Waals surface area contributed by atoms with E-state index in [1.165, 1.54) is 24.3 Å². The van der Waals surface area contributed by atoms with E-state index in [0.29, 0.717) is 6.42 Å². The van der Waals surface area contributed by atoms with Crippen molar-refractivity contribution >= 4 is 11.8 Å². The Labute approximate surface area is 104 Å². The summed E-state index contributed by atoms with van der Waals surface area (Å²) < 4.78 is 9.60. The number of carbonyl (C=O) groups excluding carboxylic acids is 1. The van der Waals surface area contributed by atoms with E-state index in [1.54, 1.807) is 0 Å². The van der Waals surface area contributed by atoms with Crippen LogP contribution >= 0.6 is 0 Å². The Balaban J connectivity index is 2.49. The maximum Gasteiger partial charge on any atom is 0.514 e. The first kappa shape index (κ1) is 13.7. The Morgan fingerprint density at radius 2 is 2.00 bits per heavy atom. The zero-order chi connectivity index (χ0) is 13.5. The van der Waals surface area contributed by atoms with Gasteiger partial charge < -0.3 is 9.47 Å². The van der Waals surface area contributed by atoms with Crippen molar-refractivity contribution in [3.63, 3.8) is 0 Å². The second-order valence-corrected chi connectivity index (χ2v) is 3.50. The Kier molecular flexibility index (Phi) is 4.86. The first-order chi connectivity index (χ1) is 8.52. The lowest BCUT2D eigenvalue weighted by Gasteiger charge is -2.06. The highest BCUT2D eigenvalue weighted by Crippen LogP contribution is 2.17. The maximum absolute atomic E-state index is 11.2. The molecule has 0 amide bonds. The lowest BCUT2D eigenvalue weighted by molar-refractivity contribution is -0.384. The van der Waals surface area contributed by atoms with Gasteiger partial charge in [0.1, 0.15) is 12.4 Å². The van der Waals surface area contributed by atoms with Crippen molar-refractivity contribution in [3.05, 3.63) is 46.5 Å². The summed E-state index contributed by atoms with van der Waals surface area (Å²) in [7, 11) is 0. The van der Waals surface area contributed by atoms with E-state index < -0.39 is 11.1 Å². The molecule has 0 atom stereocenters. The van der Waals surface area contributed by atoms with Gasteiger partial charge in [-0.3, -0.25) is 10.1 Å². The smallest absolute Gasteiger partial charge is 0.429 e. The molecule has 0 heterocycles. The van der Waals surface area contributed by atoms with E-state index >= 15 is 0 Å². The molecule has 0 aromatic heterocycles. The summed E-state index contributed by atoms with van der Waals surface area (Å²) in [6.07, 6.45) is -0.149. The third-order valence-corrected chi connectivity index (χ3v) is 2.14. The first-order valence-corrected chi connectivity index (χ1v) is 5.28. The standard InChI is InChI=1S/C12H13NO5/c1-3-9(2)8-17-12(14)18-11-6-4-10(5-7-11)13(15)16/h4-7H,2-3,8H2,1H3. The third kappa shape index (κ3) is 4.25. The van der Waals surface area contributed by atoms with Crippen molar-refractivity contribution in [2.24, 2.45) is 0 Å². The van der Waals surface area contributed by atoms with Crippen LogP contribution in [0.2, 0.25) is 0 Å². The van der Waals surface area contributed by atoms with E-state index in [-0.39, 0.29) is 18.0 Å². The van der Waals surface area contributed by atoms with Crippen molar-refractivity contribution in [3.8, 4) is 5.75 Å². The minimum Gasteiger partial charge on any atom is -0.429 e. The topological polar surface area (TPSA) is 78.7 Å². The SMILES string of the molecule is C=C(CC)COC(=O)Oc1ccc([N+](=O)[O-])cc1. The molecular weight excluding hydrogens is 238 g/mol. The molecule has 0 spiro atoms. The lowest BCUT2D eigenvalue weighted by atomic mass is 10.3. The van der Waals surface area contributed by atoms with Crippen molar-refractivity contribution < 1.29 is 19.2 Å². The molecule has 6 heteroatoms. The molecule has 0 aliphatic carbocycles. The third-order valence-electron chi connectivity index (χ3n) is 2.14. The molecule has 18 heavy (non-hydrogen) atoms. The van der Waals surface area contributed by atoms with Gasteiger partial charge in [-0.2, -0.15) is 0 Å². The predicted octanol–water partition coefficient (Wildman–Crippen LogP) is 3.08. The summed E-state index contributed by atoms with van der Waals surface area (Å²) in [5, 5.41) is 10.4. The molecule has 0 saturated heterocycles. The number of rotatable bonds is 5. The molecule has 0 fully saturated rings. The number of ether oxygens (including phenoxy) is 2. The summed E-state index contributed by atoms with van der Waals surface area (Å²) in [5.41, 5.74) is 0.700. The molecule has 1 rings (SSSR count). The van der Waals surface area contributed by atoms with Crippen LogP contribution in [0.1, 0.15) is 13.3 Å². The highest BCUT2D eigenvalue weighted by Gasteiger charge is 2.09. The summed E-state index contributed by atoms with van der Waals surface area (Å²) in [6.45, 7) is 5.67. The Hall–Kier alpha value is -2.37. The van der Waals surface area contributed by atoms with Gasteiger partial charge >= 0.3 is 6.16 Å². The van der Waals surface area contributed by atoms with Crippen LogP contribution in [-0.4, -0.2) is 17.7 Å². The molecular formula is C12H13NO5. The lowest BCUT2D eigenvalue weighted by Crippen LogP contribution is -2.12. The quantitative estimate of drug-likeness (QED) is 0.264. The fourth-order valence-electron chi connectivity index (χ4n) is 1.02. The van der Waals surface area contributed by atoms with Crippen LogP contribution in [0.3, 0.4) is 0 Å². The van der Waals surface area contributed by atoms with Crippen LogP contribution in [0.25, 0.3) is 0 Å². The van der Waals surface area contributed by atoms with Gasteiger partial charge in [0, 0.05) is 12.1 Å². The number of nitro benzene ring substituents is 1. The second-order valence-electron chi connectivity index (χ2n) is 3.50. The normalized spacial score (nSPS) is 9.61. The average Bonchev–Trinajstić information content (AvgIpc) is 2.36. The number of non-ortho nitro benzene ring substituents is 1. The summed E-state index contributed by atoms with van der Waals surface area (Å²) in [4.78, 5) is 21.1. The number of benzene rings is 1. The van der Waals surface area contributed by atoms with Crippen LogP contribution in [0.15, 0.2) is 36.4 Å². The number of hydrogen-bond acceptors (Lipinski definition) is 5. The molecule has 1 aromatic rings. The van der Waals surface area contributed by atoms with E-state index in [1.807, 2.05) is 6.92 Å². The molecule has 96 valence electrons. The molecule has 0 saturated carbocycles. The van der Waals surface area contributed by atoms with Crippen molar-refractivity contribution in [1.29, 1.82) is 0 Å². The molecule has 1 aromatic carbocycles. The summed E-state index contributed by atoms with van der Waals surface area (Å²) in [6, 6.07) is 5.14. The molecule has 0 N–H and O–H groups in total. The van der Waals surface area contributed by atoms with Gasteiger partial charge in [-0.15, -0.1) is 0 Å². The Bertz CT molecular complexity index is 452. The Morgan fingerprint density at radius 1 is 1.39 bits per heavy atom. The van der Waals surface area contributed by atoms with Gasteiger partial charge in [0.15, 0.2) is 0 Å². The van der Waals surface area contributed by atoms with Crippen LogP contribution in [-0.2, 0) is 4.74 Å². The van der Waals surface area contributed by atoms with E-state index in [4.69, 9.17) is 9.47 Å². The van der Waals surface area contributed by atoms with Gasteiger partial charge in [-0.25, -0.2) is 4.79 Å². The van der Waals surface area contributed by atoms with Gasteiger partial charge in [0.2, 0.25) is 0 Å². The predicted molar refractivity (Wildman–Crippen MR) is 64.5 cm³/mol. The zero-order valence-corrected chi connectivity index (χ0v) is 9.92. The van der Waals surface area contributed by atoms with E-state index in [9.17, 15) is 14.9 Å². The zero-order valence-electron chi connectivity index (χ0n) is 9.92. The molecule has 0 aliphatic heterocycles. The average molecular weight is 251 g/mol. The molecule has 6 nitrogen and oxygen atoms in total. The van der Waals surface area contributed by atoms with Crippen LogP contribution in [0, 0.1) is 10.1 Å². The summed E-state index contributed by atoms with van der Waals surface area (Å²) >= 11 is 0. The largest absolute Gasteiger partial charge is 0.514 e. The maximum atomic E-state index is 11.2. The molecule has 0 unspecified atom stereocenters. The first-order valence-electron chi connectivity index (χ1n) is 5.28. The highest BCUT2D eigenvalue weighted by molar-refractivity contribution is 5.64. The molecule has 0 aliphatic rings.